The fraction of sp³-hybridized carbons (Fsp3) is 0.182. The number of hydrogen-bond acceptors (Lipinski definition) is 7. The zero-order valence-electron chi connectivity index (χ0n) is 17.0. The van der Waals surface area contributed by atoms with Crippen LogP contribution in [0.5, 0.6) is 17.2 Å². The topological polar surface area (TPSA) is 74.0 Å². The second kappa shape index (κ2) is 8.99. The van der Waals surface area contributed by atoms with E-state index in [0.29, 0.717) is 33.7 Å². The van der Waals surface area contributed by atoms with Crippen LogP contribution in [0.4, 0.5) is 5.13 Å². The summed E-state index contributed by atoms with van der Waals surface area (Å²) in [5, 5.41) is 0.559. The van der Waals surface area contributed by atoms with Crippen LogP contribution >= 0.6 is 27.3 Å². The SMILES string of the molecule is COc1cc(C(=O)N(Cc2ccco2)c2nc3ccc(Br)cc3s2)cc(OC)c1OC. The maximum atomic E-state index is 13.6. The number of halogens is 1. The first-order valence-corrected chi connectivity index (χ1v) is 10.9. The minimum atomic E-state index is -0.270. The van der Waals surface area contributed by atoms with Gasteiger partial charge in [0, 0.05) is 10.0 Å². The van der Waals surface area contributed by atoms with Gasteiger partial charge in [0.15, 0.2) is 16.6 Å². The van der Waals surface area contributed by atoms with Gasteiger partial charge >= 0.3 is 0 Å². The lowest BCUT2D eigenvalue weighted by Crippen LogP contribution is -2.30. The molecule has 0 aliphatic carbocycles. The number of nitrogens with zero attached hydrogens (tertiary/aromatic N) is 2. The third kappa shape index (κ3) is 4.24. The van der Waals surface area contributed by atoms with Crippen molar-refractivity contribution in [3.63, 3.8) is 0 Å². The standard InChI is InChI=1S/C22H19BrN2O5S/c1-27-17-9-13(10-18(28-2)20(17)29-3)21(26)25(12-15-5-4-8-30-15)22-24-16-7-6-14(23)11-19(16)31-22/h4-11H,12H2,1-3H3. The number of furan rings is 1. The summed E-state index contributed by atoms with van der Waals surface area (Å²) in [5.74, 6) is 1.59. The van der Waals surface area contributed by atoms with E-state index in [9.17, 15) is 4.79 Å². The third-order valence-corrected chi connectivity index (χ3v) is 6.16. The van der Waals surface area contributed by atoms with Crippen molar-refractivity contribution < 1.29 is 23.4 Å². The highest BCUT2D eigenvalue weighted by Crippen LogP contribution is 2.39. The van der Waals surface area contributed by atoms with E-state index >= 15 is 0 Å². The monoisotopic (exact) mass is 502 g/mol. The first-order valence-electron chi connectivity index (χ1n) is 9.24. The second-order valence-electron chi connectivity index (χ2n) is 6.49. The fourth-order valence-corrected chi connectivity index (χ4v) is 4.66. The number of thiazole rings is 1. The number of rotatable bonds is 7. The number of carbonyl (C=O) groups excluding carboxylic acids is 1. The molecule has 0 aliphatic rings. The lowest BCUT2D eigenvalue weighted by Gasteiger charge is -2.20. The molecular weight excluding hydrogens is 484 g/mol. The normalized spacial score (nSPS) is 10.8. The van der Waals surface area contributed by atoms with Crippen LogP contribution in [-0.2, 0) is 6.54 Å². The Morgan fingerprint density at radius 3 is 2.45 bits per heavy atom. The Kier molecular flexibility index (Phi) is 6.15. The summed E-state index contributed by atoms with van der Waals surface area (Å²) in [6.45, 7) is 0.226. The molecule has 7 nitrogen and oxygen atoms in total. The van der Waals surface area contributed by atoms with E-state index in [-0.39, 0.29) is 12.5 Å². The smallest absolute Gasteiger partial charge is 0.260 e. The van der Waals surface area contributed by atoms with E-state index in [1.165, 1.54) is 32.7 Å². The van der Waals surface area contributed by atoms with E-state index in [4.69, 9.17) is 18.6 Å². The van der Waals surface area contributed by atoms with E-state index in [1.807, 2.05) is 24.3 Å². The van der Waals surface area contributed by atoms with E-state index in [2.05, 4.69) is 20.9 Å². The Morgan fingerprint density at radius 2 is 1.84 bits per heavy atom. The Morgan fingerprint density at radius 1 is 1.10 bits per heavy atom. The number of benzene rings is 2. The molecule has 160 valence electrons. The predicted molar refractivity (Wildman–Crippen MR) is 123 cm³/mol. The van der Waals surface area contributed by atoms with Crippen LogP contribution in [0.25, 0.3) is 10.2 Å². The van der Waals surface area contributed by atoms with Gasteiger partial charge in [-0.05, 0) is 42.5 Å². The van der Waals surface area contributed by atoms with Crippen molar-refractivity contribution in [2.45, 2.75) is 6.54 Å². The average Bonchev–Trinajstić information content (AvgIpc) is 3.45. The van der Waals surface area contributed by atoms with Crippen LogP contribution in [0, 0.1) is 0 Å². The maximum absolute atomic E-state index is 13.6. The Hall–Kier alpha value is -3.04. The third-order valence-electron chi connectivity index (χ3n) is 4.62. The molecular formula is C22H19BrN2O5S. The summed E-state index contributed by atoms with van der Waals surface area (Å²) in [5.41, 5.74) is 1.19. The summed E-state index contributed by atoms with van der Waals surface area (Å²) in [4.78, 5) is 19.9. The average molecular weight is 503 g/mol. The summed E-state index contributed by atoms with van der Waals surface area (Å²) in [6.07, 6.45) is 1.58. The molecule has 0 atom stereocenters. The number of hydrogen-bond donors (Lipinski definition) is 0. The van der Waals surface area contributed by atoms with E-state index in [1.54, 1.807) is 29.4 Å². The summed E-state index contributed by atoms with van der Waals surface area (Å²) < 4.78 is 23.6. The number of ether oxygens (including phenoxy) is 3. The van der Waals surface area contributed by atoms with Crippen LogP contribution in [0.1, 0.15) is 16.1 Å². The maximum Gasteiger partial charge on any atom is 0.260 e. The Labute approximate surface area is 191 Å². The number of amides is 1. The molecule has 2 aromatic heterocycles. The van der Waals surface area contributed by atoms with Crippen molar-refractivity contribution in [2.75, 3.05) is 26.2 Å². The number of aromatic nitrogens is 1. The molecule has 0 N–H and O–H groups in total. The predicted octanol–water partition coefficient (Wildman–Crippen LogP) is 5.52. The number of carbonyl (C=O) groups is 1. The molecule has 0 spiro atoms. The largest absolute Gasteiger partial charge is 0.493 e. The number of fused-ring (bicyclic) bond motifs is 1. The lowest BCUT2D eigenvalue weighted by molar-refractivity contribution is 0.0982. The number of anilines is 1. The fourth-order valence-electron chi connectivity index (χ4n) is 3.15. The molecule has 0 unspecified atom stereocenters. The molecule has 0 saturated heterocycles. The zero-order chi connectivity index (χ0) is 22.0. The highest BCUT2D eigenvalue weighted by Gasteiger charge is 2.25. The van der Waals surface area contributed by atoms with Crippen LogP contribution in [0.15, 0.2) is 57.6 Å². The van der Waals surface area contributed by atoms with E-state index < -0.39 is 0 Å². The van der Waals surface area contributed by atoms with Gasteiger partial charge in [0.05, 0.1) is 44.4 Å². The van der Waals surface area contributed by atoms with Gasteiger partial charge in [-0.2, -0.15) is 0 Å². The summed E-state index contributed by atoms with van der Waals surface area (Å²) in [6, 6.07) is 12.7. The van der Waals surface area contributed by atoms with Gasteiger partial charge in [-0.25, -0.2) is 4.98 Å². The molecule has 1 amide bonds. The van der Waals surface area contributed by atoms with Crippen molar-refractivity contribution in [1.29, 1.82) is 0 Å². The first-order chi connectivity index (χ1) is 15.0. The molecule has 0 aliphatic heterocycles. The van der Waals surface area contributed by atoms with Gasteiger partial charge in [-0.15, -0.1) is 0 Å². The molecule has 9 heteroatoms. The van der Waals surface area contributed by atoms with Gasteiger partial charge in [0.25, 0.3) is 5.91 Å². The Balaban J connectivity index is 1.80. The second-order valence-corrected chi connectivity index (χ2v) is 8.42. The van der Waals surface area contributed by atoms with Gasteiger partial charge in [-0.1, -0.05) is 27.3 Å². The van der Waals surface area contributed by atoms with Crippen molar-refractivity contribution in [2.24, 2.45) is 0 Å². The molecule has 31 heavy (non-hydrogen) atoms. The van der Waals surface area contributed by atoms with Crippen LogP contribution in [-0.4, -0.2) is 32.2 Å². The van der Waals surface area contributed by atoms with Crippen molar-refractivity contribution in [3.05, 3.63) is 64.5 Å². The molecule has 0 fully saturated rings. The van der Waals surface area contributed by atoms with Crippen molar-refractivity contribution in [3.8, 4) is 17.2 Å². The Bertz CT molecular complexity index is 1200. The van der Waals surface area contributed by atoms with Crippen LogP contribution in [0.2, 0.25) is 0 Å². The molecule has 2 heterocycles. The minimum Gasteiger partial charge on any atom is -0.493 e. The van der Waals surface area contributed by atoms with Crippen LogP contribution in [0.3, 0.4) is 0 Å². The highest BCUT2D eigenvalue weighted by molar-refractivity contribution is 9.10. The molecule has 4 rings (SSSR count). The highest BCUT2D eigenvalue weighted by atomic mass is 79.9. The van der Waals surface area contributed by atoms with Crippen molar-refractivity contribution >= 4 is 48.5 Å². The molecule has 0 bridgehead atoms. The van der Waals surface area contributed by atoms with Gasteiger partial charge in [0.2, 0.25) is 5.75 Å². The van der Waals surface area contributed by atoms with Crippen LogP contribution < -0.4 is 19.1 Å². The lowest BCUT2D eigenvalue weighted by atomic mass is 10.1. The molecule has 4 aromatic rings. The molecule has 2 aromatic carbocycles. The van der Waals surface area contributed by atoms with Gasteiger partial charge in [-0.3, -0.25) is 9.69 Å². The summed E-state index contributed by atoms with van der Waals surface area (Å²) in [7, 11) is 4.54. The zero-order valence-corrected chi connectivity index (χ0v) is 19.5. The van der Waals surface area contributed by atoms with Crippen molar-refractivity contribution in [1.82, 2.24) is 4.98 Å². The quantitative estimate of drug-likeness (QED) is 0.331. The molecule has 0 radical (unpaired) electrons. The number of methoxy groups -OCH3 is 3. The molecule has 0 saturated carbocycles. The first kappa shape index (κ1) is 21.2. The van der Waals surface area contributed by atoms with Gasteiger partial charge in [0.1, 0.15) is 5.76 Å². The van der Waals surface area contributed by atoms with Gasteiger partial charge < -0.3 is 18.6 Å². The summed E-state index contributed by atoms with van der Waals surface area (Å²) >= 11 is 4.91. The van der Waals surface area contributed by atoms with E-state index in [0.717, 1.165) is 14.7 Å². The minimum absolute atomic E-state index is 0.226.